The second-order valence-electron chi connectivity index (χ2n) is 9.66. The number of rotatable bonds is 11. The molecule has 1 aliphatic carbocycles. The molecule has 0 unspecified atom stereocenters. The van der Waals surface area contributed by atoms with Gasteiger partial charge in [0, 0.05) is 24.3 Å². The number of anilines is 1. The third kappa shape index (κ3) is 7.84. The summed E-state index contributed by atoms with van der Waals surface area (Å²) in [6, 6.07) is 24.7. The predicted octanol–water partition coefficient (Wildman–Crippen LogP) is 5.66. The zero-order valence-electron chi connectivity index (χ0n) is 21.5. The number of hydrogen-bond donors (Lipinski definition) is 3. The predicted molar refractivity (Wildman–Crippen MR) is 149 cm³/mol. The van der Waals surface area contributed by atoms with E-state index < -0.39 is 6.04 Å². The Morgan fingerprint density at radius 3 is 2.32 bits per heavy atom. The maximum absolute atomic E-state index is 13.2. The number of carbonyl (C=O) groups is 2. The number of ether oxygens (including phenoxy) is 1. The molecule has 1 saturated carbocycles. The fourth-order valence-corrected chi connectivity index (χ4v) is 4.92. The molecule has 0 spiro atoms. The van der Waals surface area contributed by atoms with E-state index in [-0.39, 0.29) is 11.8 Å². The zero-order valence-corrected chi connectivity index (χ0v) is 21.5. The third-order valence-corrected chi connectivity index (χ3v) is 6.99. The summed E-state index contributed by atoms with van der Waals surface area (Å²) in [5, 5.41) is 9.37. The van der Waals surface area contributed by atoms with Crippen LogP contribution < -0.4 is 20.7 Å². The second-order valence-corrected chi connectivity index (χ2v) is 9.66. The molecule has 3 aromatic rings. The van der Waals surface area contributed by atoms with Crippen LogP contribution in [0.4, 0.5) is 5.69 Å². The van der Waals surface area contributed by atoms with Gasteiger partial charge in [0.2, 0.25) is 5.91 Å². The molecule has 194 valence electrons. The van der Waals surface area contributed by atoms with Gasteiger partial charge in [0.25, 0.3) is 5.91 Å². The van der Waals surface area contributed by atoms with Gasteiger partial charge in [-0.15, -0.1) is 0 Å². The molecule has 6 heteroatoms. The van der Waals surface area contributed by atoms with Crippen molar-refractivity contribution in [2.24, 2.45) is 5.92 Å². The van der Waals surface area contributed by atoms with Gasteiger partial charge in [-0.3, -0.25) is 9.59 Å². The van der Waals surface area contributed by atoms with E-state index in [1.54, 1.807) is 13.2 Å². The summed E-state index contributed by atoms with van der Waals surface area (Å²) in [5.41, 5.74) is 3.55. The molecular weight excluding hydrogens is 462 g/mol. The first kappa shape index (κ1) is 26.3. The van der Waals surface area contributed by atoms with Crippen LogP contribution in [0.5, 0.6) is 5.75 Å². The van der Waals surface area contributed by atoms with Gasteiger partial charge in [-0.1, -0.05) is 74.6 Å². The van der Waals surface area contributed by atoms with E-state index in [0.29, 0.717) is 31.0 Å². The van der Waals surface area contributed by atoms with Crippen LogP contribution in [0.2, 0.25) is 0 Å². The van der Waals surface area contributed by atoms with Crippen LogP contribution in [0.1, 0.15) is 48.9 Å². The Labute approximate surface area is 219 Å². The van der Waals surface area contributed by atoms with Crippen molar-refractivity contribution in [3.8, 4) is 16.9 Å². The van der Waals surface area contributed by atoms with Crippen molar-refractivity contribution in [1.82, 2.24) is 10.6 Å². The molecule has 2 amide bonds. The quantitative estimate of drug-likeness (QED) is 0.298. The van der Waals surface area contributed by atoms with Crippen molar-refractivity contribution in [1.29, 1.82) is 0 Å². The molecule has 3 N–H and O–H groups in total. The third-order valence-electron chi connectivity index (χ3n) is 6.99. The Morgan fingerprint density at radius 2 is 1.59 bits per heavy atom. The van der Waals surface area contributed by atoms with Crippen molar-refractivity contribution in [3.05, 3.63) is 84.4 Å². The number of amides is 2. The second kappa shape index (κ2) is 13.5. The number of nitrogens with one attached hydrogen (secondary N) is 3. The highest BCUT2D eigenvalue weighted by Crippen LogP contribution is 2.28. The molecule has 0 heterocycles. The molecule has 0 aliphatic heterocycles. The summed E-state index contributed by atoms with van der Waals surface area (Å²) in [4.78, 5) is 26.4. The average molecular weight is 500 g/mol. The minimum Gasteiger partial charge on any atom is -0.497 e. The van der Waals surface area contributed by atoms with Crippen LogP contribution in [-0.2, 0) is 4.79 Å². The topological polar surface area (TPSA) is 79.5 Å². The van der Waals surface area contributed by atoms with Gasteiger partial charge in [-0.05, 0) is 59.9 Å². The maximum Gasteiger partial charge on any atom is 0.251 e. The molecule has 6 nitrogen and oxygen atoms in total. The minimum atomic E-state index is -0.558. The summed E-state index contributed by atoms with van der Waals surface area (Å²) >= 11 is 0. The van der Waals surface area contributed by atoms with Crippen LogP contribution in [0.15, 0.2) is 78.9 Å². The molecule has 0 bridgehead atoms. The summed E-state index contributed by atoms with van der Waals surface area (Å²) in [6.45, 7) is 1.05. The number of benzene rings is 3. The summed E-state index contributed by atoms with van der Waals surface area (Å²) in [7, 11) is 1.64. The Bertz CT molecular complexity index is 1140. The standard InChI is InChI=1S/C31H37N3O3/c1-37-28-17-15-27(16-18-28)32-19-20-33-31(36)29(21-23-9-4-2-5-10-23)34-30(35)26-14-8-13-25(22-26)24-11-6-3-7-12-24/h3,6-8,11-18,22-23,29,32H,2,4-5,9-10,19-21H2,1H3,(H,33,36)(H,34,35)/t29-/m0/s1. The van der Waals surface area contributed by atoms with Crippen LogP contribution in [0.25, 0.3) is 11.1 Å². The van der Waals surface area contributed by atoms with Crippen LogP contribution >= 0.6 is 0 Å². The monoisotopic (exact) mass is 499 g/mol. The van der Waals surface area contributed by atoms with Crippen molar-refractivity contribution >= 4 is 17.5 Å². The molecule has 4 rings (SSSR count). The van der Waals surface area contributed by atoms with Crippen molar-refractivity contribution < 1.29 is 14.3 Å². The maximum atomic E-state index is 13.2. The number of hydrogen-bond acceptors (Lipinski definition) is 4. The Kier molecular flexibility index (Phi) is 9.58. The van der Waals surface area contributed by atoms with Crippen LogP contribution in [0, 0.1) is 5.92 Å². The Hall–Kier alpha value is -3.80. The molecule has 1 aliphatic rings. The van der Waals surface area contributed by atoms with E-state index in [1.165, 1.54) is 19.3 Å². The molecule has 3 aromatic carbocycles. The van der Waals surface area contributed by atoms with E-state index in [4.69, 9.17) is 4.74 Å². The molecule has 1 atom stereocenters. The van der Waals surface area contributed by atoms with Crippen molar-refractivity contribution in [2.45, 2.75) is 44.6 Å². The van der Waals surface area contributed by atoms with Gasteiger partial charge in [0.05, 0.1) is 7.11 Å². The van der Waals surface area contributed by atoms with E-state index in [9.17, 15) is 9.59 Å². The highest BCUT2D eigenvalue weighted by molar-refractivity contribution is 5.98. The van der Waals surface area contributed by atoms with Crippen molar-refractivity contribution in [2.75, 3.05) is 25.5 Å². The van der Waals surface area contributed by atoms with Gasteiger partial charge < -0.3 is 20.7 Å². The minimum absolute atomic E-state index is 0.130. The van der Waals surface area contributed by atoms with Crippen LogP contribution in [-0.4, -0.2) is 38.1 Å². The average Bonchev–Trinajstić information content (AvgIpc) is 2.96. The smallest absolute Gasteiger partial charge is 0.251 e. The van der Waals surface area contributed by atoms with Gasteiger partial charge >= 0.3 is 0 Å². The van der Waals surface area contributed by atoms with Gasteiger partial charge in [-0.2, -0.15) is 0 Å². The Balaban J connectivity index is 1.37. The van der Waals surface area contributed by atoms with Gasteiger partial charge in [0.1, 0.15) is 11.8 Å². The van der Waals surface area contributed by atoms with E-state index in [2.05, 4.69) is 16.0 Å². The van der Waals surface area contributed by atoms with E-state index in [1.807, 2.05) is 72.8 Å². The first-order chi connectivity index (χ1) is 18.1. The highest BCUT2D eigenvalue weighted by Gasteiger charge is 2.26. The van der Waals surface area contributed by atoms with E-state index >= 15 is 0 Å². The lowest BCUT2D eigenvalue weighted by molar-refractivity contribution is -0.123. The van der Waals surface area contributed by atoms with Gasteiger partial charge in [-0.25, -0.2) is 0 Å². The molecule has 0 saturated heterocycles. The lowest BCUT2D eigenvalue weighted by atomic mass is 9.84. The lowest BCUT2D eigenvalue weighted by Crippen LogP contribution is -2.48. The zero-order chi connectivity index (χ0) is 25.9. The first-order valence-electron chi connectivity index (χ1n) is 13.2. The number of methoxy groups -OCH3 is 1. The summed E-state index contributed by atoms with van der Waals surface area (Å²) in [6.07, 6.45) is 6.53. The normalized spacial score (nSPS) is 14.4. The SMILES string of the molecule is COc1ccc(NCCNC(=O)[C@H](CC2CCCCC2)NC(=O)c2cccc(-c3ccccc3)c2)cc1. The molecule has 0 aromatic heterocycles. The highest BCUT2D eigenvalue weighted by atomic mass is 16.5. The molecule has 0 radical (unpaired) electrons. The number of carbonyl (C=O) groups excluding carboxylic acids is 2. The first-order valence-corrected chi connectivity index (χ1v) is 13.2. The van der Waals surface area contributed by atoms with Gasteiger partial charge in [0.15, 0.2) is 0 Å². The Morgan fingerprint density at radius 1 is 0.865 bits per heavy atom. The van der Waals surface area contributed by atoms with E-state index in [0.717, 1.165) is 35.4 Å². The summed E-state index contributed by atoms with van der Waals surface area (Å²) < 4.78 is 5.19. The molecule has 37 heavy (non-hydrogen) atoms. The lowest BCUT2D eigenvalue weighted by Gasteiger charge is -2.26. The molecular formula is C31H37N3O3. The van der Waals surface area contributed by atoms with Crippen LogP contribution in [0.3, 0.4) is 0 Å². The molecule has 1 fully saturated rings. The van der Waals surface area contributed by atoms with Crippen molar-refractivity contribution in [3.63, 3.8) is 0 Å². The fourth-order valence-electron chi connectivity index (χ4n) is 4.92. The summed E-state index contributed by atoms with van der Waals surface area (Å²) in [5.74, 6) is 0.909. The fraction of sp³-hybridized carbons (Fsp3) is 0.355. The largest absolute Gasteiger partial charge is 0.497 e.